The molecule has 1 heterocycles. The summed E-state index contributed by atoms with van der Waals surface area (Å²) in [6.45, 7) is 4.06. The van der Waals surface area contributed by atoms with Gasteiger partial charge in [-0.1, -0.05) is 11.8 Å². The molecule has 1 saturated carbocycles. The molecule has 92 valence electrons. The summed E-state index contributed by atoms with van der Waals surface area (Å²) < 4.78 is 1.87. The first kappa shape index (κ1) is 12.3. The third-order valence-electron chi connectivity index (χ3n) is 2.42. The van der Waals surface area contributed by atoms with Gasteiger partial charge in [0.2, 0.25) is 5.16 Å². The van der Waals surface area contributed by atoms with Crippen LogP contribution in [0.25, 0.3) is 0 Å². The Morgan fingerprint density at radius 3 is 2.94 bits per heavy atom. The van der Waals surface area contributed by atoms with E-state index in [1.54, 1.807) is 0 Å². The minimum Gasteiger partial charge on any atom is -0.299 e. The number of nitrogens with zero attached hydrogens (tertiary/aromatic N) is 5. The molecule has 0 aliphatic heterocycles. The Balaban J connectivity index is 1.88. The molecule has 7 heteroatoms. The van der Waals surface area contributed by atoms with Gasteiger partial charge in [-0.05, 0) is 37.1 Å². The first-order valence-electron chi connectivity index (χ1n) is 5.77. The van der Waals surface area contributed by atoms with Crippen LogP contribution in [-0.2, 0) is 0 Å². The molecule has 1 N–H and O–H groups in total. The lowest BCUT2D eigenvalue weighted by Crippen LogP contribution is -2.35. The number of rotatable bonds is 6. The van der Waals surface area contributed by atoms with Crippen LogP contribution in [0.1, 0.15) is 32.7 Å². The molecule has 1 unspecified atom stereocenters. The lowest BCUT2D eigenvalue weighted by molar-refractivity contribution is 0.554. The second-order valence-electron chi connectivity index (χ2n) is 4.45. The monoisotopic (exact) mass is 252 g/mol. The Morgan fingerprint density at radius 1 is 1.59 bits per heavy atom. The van der Waals surface area contributed by atoms with Gasteiger partial charge in [-0.15, -0.1) is 5.10 Å². The van der Waals surface area contributed by atoms with Crippen LogP contribution < -0.4 is 5.32 Å². The molecule has 0 radical (unpaired) electrons. The van der Waals surface area contributed by atoms with Crippen LogP contribution in [0.15, 0.2) is 5.16 Å². The molecule has 2 rings (SSSR count). The SMILES string of the molecule is CC(C)NC(C#N)CSc1nnnn1C1CC1. The highest BCUT2D eigenvalue weighted by molar-refractivity contribution is 7.99. The fourth-order valence-electron chi connectivity index (χ4n) is 1.51. The van der Waals surface area contributed by atoms with Crippen molar-refractivity contribution in [2.45, 2.75) is 50.0 Å². The van der Waals surface area contributed by atoms with Gasteiger partial charge in [0, 0.05) is 11.8 Å². The van der Waals surface area contributed by atoms with Crippen LogP contribution in [-0.4, -0.2) is 38.0 Å². The molecule has 0 amide bonds. The van der Waals surface area contributed by atoms with Gasteiger partial charge in [-0.3, -0.25) is 5.32 Å². The van der Waals surface area contributed by atoms with E-state index < -0.39 is 0 Å². The van der Waals surface area contributed by atoms with Gasteiger partial charge in [-0.2, -0.15) is 5.26 Å². The van der Waals surface area contributed by atoms with Crippen LogP contribution in [0.4, 0.5) is 0 Å². The number of hydrogen-bond acceptors (Lipinski definition) is 6. The molecule has 0 spiro atoms. The number of nitriles is 1. The maximum Gasteiger partial charge on any atom is 0.209 e. The van der Waals surface area contributed by atoms with Gasteiger partial charge in [0.15, 0.2) is 0 Å². The molecule has 1 aliphatic carbocycles. The van der Waals surface area contributed by atoms with E-state index >= 15 is 0 Å². The first-order chi connectivity index (χ1) is 8.20. The van der Waals surface area contributed by atoms with Gasteiger partial charge in [0.1, 0.15) is 6.04 Å². The van der Waals surface area contributed by atoms with Gasteiger partial charge < -0.3 is 0 Å². The minimum atomic E-state index is -0.163. The van der Waals surface area contributed by atoms with Crippen molar-refractivity contribution >= 4 is 11.8 Å². The molecule has 1 aromatic rings. The van der Waals surface area contributed by atoms with E-state index in [0.29, 0.717) is 17.8 Å². The average Bonchev–Trinajstić information content (AvgIpc) is 3.03. The molecule has 1 atom stereocenters. The summed E-state index contributed by atoms with van der Waals surface area (Å²) in [6.07, 6.45) is 2.31. The van der Waals surface area contributed by atoms with Crippen molar-refractivity contribution in [3.8, 4) is 6.07 Å². The smallest absolute Gasteiger partial charge is 0.209 e. The third-order valence-corrected chi connectivity index (χ3v) is 3.45. The Bertz CT molecular complexity index is 405. The number of nitrogens with one attached hydrogen (secondary N) is 1. The zero-order chi connectivity index (χ0) is 12.3. The van der Waals surface area contributed by atoms with Crippen molar-refractivity contribution in [1.29, 1.82) is 5.26 Å². The summed E-state index contributed by atoms with van der Waals surface area (Å²) in [5.41, 5.74) is 0. The fourth-order valence-corrected chi connectivity index (χ4v) is 2.41. The molecule has 0 bridgehead atoms. The number of tetrazole rings is 1. The van der Waals surface area contributed by atoms with Crippen LogP contribution >= 0.6 is 11.8 Å². The maximum atomic E-state index is 9.01. The average molecular weight is 252 g/mol. The van der Waals surface area contributed by atoms with Crippen molar-refractivity contribution in [2.24, 2.45) is 0 Å². The van der Waals surface area contributed by atoms with E-state index in [1.807, 2.05) is 18.5 Å². The molecule has 0 saturated heterocycles. The van der Waals surface area contributed by atoms with Crippen LogP contribution in [0.5, 0.6) is 0 Å². The van der Waals surface area contributed by atoms with Crippen LogP contribution in [0.3, 0.4) is 0 Å². The maximum absolute atomic E-state index is 9.01. The largest absolute Gasteiger partial charge is 0.299 e. The Kier molecular flexibility index (Phi) is 3.97. The van der Waals surface area contributed by atoms with Crippen LogP contribution in [0.2, 0.25) is 0 Å². The Hall–Kier alpha value is -1.13. The van der Waals surface area contributed by atoms with E-state index in [4.69, 9.17) is 5.26 Å². The molecular weight excluding hydrogens is 236 g/mol. The number of hydrogen-bond donors (Lipinski definition) is 1. The van der Waals surface area contributed by atoms with Gasteiger partial charge in [-0.25, -0.2) is 4.68 Å². The molecule has 1 aliphatic rings. The Morgan fingerprint density at radius 2 is 2.35 bits per heavy atom. The minimum absolute atomic E-state index is 0.163. The third kappa shape index (κ3) is 3.41. The summed E-state index contributed by atoms with van der Waals surface area (Å²) >= 11 is 1.54. The van der Waals surface area contributed by atoms with Crippen molar-refractivity contribution in [1.82, 2.24) is 25.5 Å². The molecule has 0 aromatic carbocycles. The van der Waals surface area contributed by atoms with E-state index in [0.717, 1.165) is 18.0 Å². The normalized spacial score (nSPS) is 17.1. The summed E-state index contributed by atoms with van der Waals surface area (Å²) in [4.78, 5) is 0. The van der Waals surface area contributed by atoms with E-state index in [1.165, 1.54) is 11.8 Å². The van der Waals surface area contributed by atoms with E-state index in [2.05, 4.69) is 26.9 Å². The second kappa shape index (κ2) is 5.47. The zero-order valence-electron chi connectivity index (χ0n) is 10.00. The molecular formula is C10H16N6S. The second-order valence-corrected chi connectivity index (χ2v) is 5.44. The highest BCUT2D eigenvalue weighted by Gasteiger charge is 2.28. The fraction of sp³-hybridized carbons (Fsp3) is 0.800. The molecule has 1 aromatic heterocycles. The highest BCUT2D eigenvalue weighted by atomic mass is 32.2. The van der Waals surface area contributed by atoms with Gasteiger partial charge >= 0.3 is 0 Å². The van der Waals surface area contributed by atoms with E-state index in [-0.39, 0.29) is 6.04 Å². The topological polar surface area (TPSA) is 79.4 Å². The molecule has 6 nitrogen and oxygen atoms in total. The summed E-state index contributed by atoms with van der Waals surface area (Å²) in [6, 6.07) is 2.87. The number of thioether (sulfide) groups is 1. The highest BCUT2D eigenvalue weighted by Crippen LogP contribution is 2.36. The molecule has 17 heavy (non-hydrogen) atoms. The van der Waals surface area contributed by atoms with Crippen molar-refractivity contribution in [3.05, 3.63) is 0 Å². The Labute approximate surface area is 105 Å². The van der Waals surface area contributed by atoms with Crippen molar-refractivity contribution in [3.63, 3.8) is 0 Å². The standard InChI is InChI=1S/C10H16N6S/c1-7(2)12-8(5-11)6-17-10-13-14-15-16(10)9-3-4-9/h7-9,12H,3-4,6H2,1-2H3. The van der Waals surface area contributed by atoms with Crippen molar-refractivity contribution < 1.29 is 0 Å². The lowest BCUT2D eigenvalue weighted by atomic mass is 10.3. The van der Waals surface area contributed by atoms with Gasteiger partial charge in [0.25, 0.3) is 0 Å². The van der Waals surface area contributed by atoms with Crippen molar-refractivity contribution in [2.75, 3.05) is 5.75 Å². The predicted molar refractivity (Wildman–Crippen MR) is 64.5 cm³/mol. The van der Waals surface area contributed by atoms with Gasteiger partial charge in [0.05, 0.1) is 12.1 Å². The number of aromatic nitrogens is 4. The predicted octanol–water partition coefficient (Wildman–Crippen LogP) is 0.990. The first-order valence-corrected chi connectivity index (χ1v) is 6.75. The summed E-state index contributed by atoms with van der Waals surface area (Å²) in [5, 5.41) is 24.7. The zero-order valence-corrected chi connectivity index (χ0v) is 10.8. The quantitative estimate of drug-likeness (QED) is 0.761. The summed E-state index contributed by atoms with van der Waals surface area (Å²) in [7, 11) is 0. The van der Waals surface area contributed by atoms with Crippen LogP contribution in [0, 0.1) is 11.3 Å². The van der Waals surface area contributed by atoms with E-state index in [9.17, 15) is 0 Å². The lowest BCUT2D eigenvalue weighted by Gasteiger charge is -2.13. The summed E-state index contributed by atoms with van der Waals surface area (Å²) in [5.74, 6) is 0.668. The molecule has 1 fully saturated rings.